The minimum Gasteiger partial charge on any atom is -0.214 e. The van der Waals surface area contributed by atoms with Crippen molar-refractivity contribution in [2.45, 2.75) is 0 Å². The predicted molar refractivity (Wildman–Crippen MR) is 54.0 cm³/mol. The van der Waals surface area contributed by atoms with Gasteiger partial charge in [0.05, 0.1) is 0 Å². The Morgan fingerprint density at radius 2 is 0.846 bits per heavy atom. The summed E-state index contributed by atoms with van der Waals surface area (Å²) in [6.45, 7) is 0. The zero-order chi connectivity index (χ0) is 9.07. The van der Waals surface area contributed by atoms with Crippen molar-refractivity contribution in [1.82, 2.24) is 0 Å². The van der Waals surface area contributed by atoms with E-state index in [1.807, 2.05) is 60.7 Å². The van der Waals surface area contributed by atoms with Gasteiger partial charge in [-0.15, -0.1) is 12.8 Å². The van der Waals surface area contributed by atoms with Crippen molar-refractivity contribution >= 4 is 0 Å². The van der Waals surface area contributed by atoms with E-state index in [1.54, 1.807) is 0 Å². The Balaban J connectivity index is 0. The summed E-state index contributed by atoms with van der Waals surface area (Å²) >= 11 is 0. The minimum absolute atomic E-state index is 0. The Morgan fingerprint density at radius 1 is 0.615 bits per heavy atom. The van der Waals surface area contributed by atoms with E-state index in [9.17, 15) is 0 Å². The molecule has 0 saturated heterocycles. The number of hydrogen-bond acceptors (Lipinski definition) is 0. The molecule has 0 nitrogen and oxygen atoms in total. The number of terminal acetylenes is 1. The van der Waals surface area contributed by atoms with Gasteiger partial charge in [0, 0.05) is 0 Å². The van der Waals surface area contributed by atoms with E-state index in [-0.39, 0.29) is 17.1 Å². The van der Waals surface area contributed by atoms with E-state index in [1.165, 1.54) is 0 Å². The van der Waals surface area contributed by atoms with Crippen molar-refractivity contribution in [3.8, 4) is 12.8 Å². The van der Waals surface area contributed by atoms with Gasteiger partial charge in [-0.1, -0.05) is 0 Å². The third-order valence-electron chi connectivity index (χ3n) is 1.11. The molecule has 0 fully saturated rings. The van der Waals surface area contributed by atoms with Gasteiger partial charge >= 0.3 is 17.1 Å². The molecule has 0 N–H and O–H groups in total. The van der Waals surface area contributed by atoms with Crippen LogP contribution in [0.25, 0.3) is 0 Å². The molecule has 2 aromatic carbocycles. The molecule has 0 amide bonds. The van der Waals surface area contributed by atoms with Crippen molar-refractivity contribution in [2.24, 2.45) is 0 Å². The summed E-state index contributed by atoms with van der Waals surface area (Å²) in [6.07, 6.45) is 8.00. The largest absolute Gasteiger partial charge is 2.00 e. The van der Waals surface area contributed by atoms with Crippen LogP contribution in [0.4, 0.5) is 0 Å². The second-order valence-corrected chi connectivity index (χ2v) is 1.92. The molecule has 0 saturated carbocycles. The minimum atomic E-state index is 0. The molecule has 13 heavy (non-hydrogen) atoms. The maximum Gasteiger partial charge on any atom is 2.00 e. The van der Waals surface area contributed by atoms with E-state index >= 15 is 0 Å². The van der Waals surface area contributed by atoms with Crippen LogP contribution < -0.4 is 0 Å². The van der Waals surface area contributed by atoms with Crippen molar-refractivity contribution in [3.63, 3.8) is 0 Å². The first-order valence-electron chi connectivity index (χ1n) is 3.67. The van der Waals surface area contributed by atoms with Gasteiger partial charge in [0.15, 0.2) is 0 Å². The molecule has 0 spiro atoms. The molecule has 68 valence electrons. The fourth-order valence-electron chi connectivity index (χ4n) is 0.642. The summed E-state index contributed by atoms with van der Waals surface area (Å²) in [5, 5.41) is 0. The Kier molecular flexibility index (Phi) is 14.7. The molecule has 0 aliphatic heterocycles. The van der Waals surface area contributed by atoms with E-state index in [0.29, 0.717) is 0 Å². The van der Waals surface area contributed by atoms with Crippen LogP contribution in [0, 0.1) is 12.8 Å². The first-order valence-corrected chi connectivity index (χ1v) is 3.67. The molecule has 0 unspecified atom stereocenters. The summed E-state index contributed by atoms with van der Waals surface area (Å²) in [5.41, 5.74) is 0. The Morgan fingerprint density at radius 3 is 0.923 bits per heavy atom. The summed E-state index contributed by atoms with van der Waals surface area (Å²) in [5.74, 6) is 0. The Labute approximate surface area is 90.8 Å². The maximum absolute atomic E-state index is 4.00. The normalized spacial score (nSPS) is 6.31. The zero-order valence-electron chi connectivity index (χ0n) is 7.28. The third-order valence-corrected chi connectivity index (χ3v) is 1.11. The first kappa shape index (κ1) is 14.3. The Hall–Kier alpha value is -1.22. The molecule has 0 radical (unpaired) electrons. The monoisotopic (exact) mass is 212 g/mol. The van der Waals surface area contributed by atoms with E-state index in [2.05, 4.69) is 12.8 Å². The van der Waals surface area contributed by atoms with Crippen molar-refractivity contribution in [1.29, 1.82) is 0 Å². The fourth-order valence-corrected chi connectivity index (χ4v) is 0.642. The van der Waals surface area contributed by atoms with Gasteiger partial charge in [-0.3, -0.25) is 0 Å². The Bertz CT molecular complexity index is 177. The van der Waals surface area contributed by atoms with Gasteiger partial charge in [-0.2, -0.15) is 36.4 Å². The molecular formula is C12H12Fe. The SMILES string of the molecule is C#C.[Fe+2].c1cc[cH-]c1.c1cc[cH-]c1. The van der Waals surface area contributed by atoms with Crippen LogP contribution in [0.2, 0.25) is 0 Å². The van der Waals surface area contributed by atoms with Crippen molar-refractivity contribution in [3.05, 3.63) is 60.7 Å². The van der Waals surface area contributed by atoms with Crippen LogP contribution >= 0.6 is 0 Å². The summed E-state index contributed by atoms with van der Waals surface area (Å²) in [6, 6.07) is 20.0. The van der Waals surface area contributed by atoms with E-state index < -0.39 is 0 Å². The predicted octanol–water partition coefficient (Wildman–Crippen LogP) is 3.06. The van der Waals surface area contributed by atoms with Crippen LogP contribution in [0.5, 0.6) is 0 Å². The molecule has 0 aliphatic carbocycles. The second kappa shape index (κ2) is 13.4. The van der Waals surface area contributed by atoms with Crippen LogP contribution in [0.15, 0.2) is 60.7 Å². The molecule has 0 heterocycles. The second-order valence-electron chi connectivity index (χ2n) is 1.92. The molecule has 0 aliphatic rings. The molecular weight excluding hydrogens is 200 g/mol. The average Bonchev–Trinajstić information content (AvgIpc) is 2.87. The zero-order valence-corrected chi connectivity index (χ0v) is 8.39. The summed E-state index contributed by atoms with van der Waals surface area (Å²) in [7, 11) is 0. The maximum atomic E-state index is 4.00. The van der Waals surface area contributed by atoms with E-state index in [4.69, 9.17) is 0 Å². The van der Waals surface area contributed by atoms with Gasteiger partial charge < -0.3 is 0 Å². The molecule has 1 heteroatoms. The van der Waals surface area contributed by atoms with Crippen LogP contribution in [-0.4, -0.2) is 0 Å². The molecule has 0 atom stereocenters. The third kappa shape index (κ3) is 10.8. The van der Waals surface area contributed by atoms with E-state index in [0.717, 1.165) is 0 Å². The smallest absolute Gasteiger partial charge is 0.214 e. The summed E-state index contributed by atoms with van der Waals surface area (Å²) in [4.78, 5) is 0. The standard InChI is InChI=1S/2C5H5.C2H2.Fe/c2*1-2-4-5-3-1;1-2;/h2*1-5H;1-2H;/q2*-1;;+2. The van der Waals surface area contributed by atoms with Gasteiger partial charge in [0.2, 0.25) is 0 Å². The fraction of sp³-hybridized carbons (Fsp3) is 0. The van der Waals surface area contributed by atoms with Gasteiger partial charge in [-0.25, -0.2) is 24.3 Å². The quantitative estimate of drug-likeness (QED) is 0.357. The first-order chi connectivity index (χ1) is 6.00. The molecule has 0 bridgehead atoms. The molecule has 2 rings (SSSR count). The van der Waals surface area contributed by atoms with Crippen LogP contribution in [0.1, 0.15) is 0 Å². The number of hydrogen-bond donors (Lipinski definition) is 0. The topological polar surface area (TPSA) is 0 Å². The summed E-state index contributed by atoms with van der Waals surface area (Å²) < 4.78 is 0. The average molecular weight is 212 g/mol. The van der Waals surface area contributed by atoms with Gasteiger partial charge in [-0.05, 0) is 0 Å². The number of rotatable bonds is 0. The van der Waals surface area contributed by atoms with Crippen molar-refractivity contribution in [2.75, 3.05) is 0 Å². The molecule has 2 aromatic rings. The van der Waals surface area contributed by atoms with Crippen LogP contribution in [-0.2, 0) is 17.1 Å². The molecule has 0 aromatic heterocycles. The van der Waals surface area contributed by atoms with Gasteiger partial charge in [0.1, 0.15) is 0 Å². The van der Waals surface area contributed by atoms with Crippen LogP contribution in [0.3, 0.4) is 0 Å². The van der Waals surface area contributed by atoms with Gasteiger partial charge in [0.25, 0.3) is 0 Å². The van der Waals surface area contributed by atoms with Crippen molar-refractivity contribution < 1.29 is 17.1 Å².